The van der Waals surface area contributed by atoms with Crippen molar-refractivity contribution in [3.8, 4) is 22.3 Å². The molecule has 0 aliphatic carbocycles. The minimum absolute atomic E-state index is 0.246. The lowest BCUT2D eigenvalue weighted by Gasteiger charge is -2.35. The molecule has 1 aliphatic heterocycles. The number of aromatic nitrogens is 3. The molecule has 0 radical (unpaired) electrons. The summed E-state index contributed by atoms with van der Waals surface area (Å²) in [4.78, 5) is 7.34. The number of rotatable bonds is 5. The third kappa shape index (κ3) is 4.00. The van der Waals surface area contributed by atoms with E-state index in [2.05, 4.69) is 64.4 Å². The summed E-state index contributed by atoms with van der Waals surface area (Å²) in [6.45, 7) is 5.23. The zero-order chi connectivity index (χ0) is 26.4. The van der Waals surface area contributed by atoms with Crippen LogP contribution in [0.5, 0.6) is 0 Å². The summed E-state index contributed by atoms with van der Waals surface area (Å²) in [5, 5.41) is 9.39. The lowest BCUT2D eigenvalue weighted by molar-refractivity contribution is 0.589. The van der Waals surface area contributed by atoms with Crippen LogP contribution in [0.15, 0.2) is 96.0 Å². The number of fused-ring (bicyclic) bond motifs is 2. The van der Waals surface area contributed by atoms with Crippen molar-refractivity contribution in [1.29, 1.82) is 0 Å². The van der Waals surface area contributed by atoms with Gasteiger partial charge in [-0.2, -0.15) is 5.10 Å². The smallest absolute Gasteiger partial charge is 0.240 e. The average molecular weight is 525 g/mol. The number of benzene rings is 3. The van der Waals surface area contributed by atoms with Crippen LogP contribution in [0.1, 0.15) is 13.8 Å². The number of nitrogens with zero attached hydrogens (tertiary/aromatic N) is 4. The van der Waals surface area contributed by atoms with Gasteiger partial charge in [-0.15, -0.1) is 0 Å². The van der Waals surface area contributed by atoms with E-state index in [0.717, 1.165) is 39.9 Å². The molecule has 5 aromatic rings. The van der Waals surface area contributed by atoms with Gasteiger partial charge in [-0.05, 0) is 55.6 Å². The van der Waals surface area contributed by atoms with Crippen molar-refractivity contribution in [2.75, 3.05) is 18.5 Å². The highest BCUT2D eigenvalue weighted by Gasteiger charge is 2.20. The van der Waals surface area contributed by atoms with Gasteiger partial charge in [0.05, 0.1) is 11.1 Å². The van der Waals surface area contributed by atoms with Gasteiger partial charge in [-0.3, -0.25) is 0 Å². The van der Waals surface area contributed by atoms with E-state index in [1.165, 1.54) is 12.7 Å². The molecule has 0 bridgehead atoms. The molecule has 0 spiro atoms. The third-order valence-electron chi connectivity index (χ3n) is 7.11. The van der Waals surface area contributed by atoms with Crippen molar-refractivity contribution in [3.05, 3.63) is 91.2 Å². The molecule has 8 nitrogen and oxygen atoms in total. The molecule has 1 atom stereocenters. The molecule has 3 aromatic carbocycles. The standard InChI is InChI=1S/C29H28N6O2S/c1-19-14-31-15-20(2)35(19)23-12-10-21(11-13-23)22-16-32-29-27(17-33-34(29)18-22)25-6-4-8-26-24(25)7-5-9-28(26)38(36,37)30-3/h4-14,16-18,20,30-31H,15H2,1-3H3/t20-/m0/s1. The number of sulfonamides is 1. The lowest BCUT2D eigenvalue weighted by Crippen LogP contribution is -2.42. The van der Waals surface area contributed by atoms with E-state index in [0.29, 0.717) is 17.1 Å². The molecular formula is C29H28N6O2S. The van der Waals surface area contributed by atoms with E-state index in [1.54, 1.807) is 22.8 Å². The van der Waals surface area contributed by atoms with Gasteiger partial charge in [0, 0.05) is 59.1 Å². The number of nitrogens with one attached hydrogen (secondary N) is 2. The van der Waals surface area contributed by atoms with E-state index in [4.69, 9.17) is 4.98 Å². The number of anilines is 1. The summed E-state index contributed by atoms with van der Waals surface area (Å²) in [7, 11) is -2.18. The van der Waals surface area contributed by atoms with Gasteiger partial charge >= 0.3 is 0 Å². The van der Waals surface area contributed by atoms with Crippen LogP contribution in [0.2, 0.25) is 0 Å². The average Bonchev–Trinajstić information content (AvgIpc) is 3.36. The van der Waals surface area contributed by atoms with Crippen LogP contribution in [-0.4, -0.2) is 42.7 Å². The van der Waals surface area contributed by atoms with Gasteiger partial charge in [-0.1, -0.05) is 42.5 Å². The highest BCUT2D eigenvalue weighted by atomic mass is 32.2. The second-order valence-electron chi connectivity index (χ2n) is 9.49. The third-order valence-corrected chi connectivity index (χ3v) is 8.58. The maximum Gasteiger partial charge on any atom is 0.240 e. The van der Waals surface area contributed by atoms with Gasteiger partial charge in [0.25, 0.3) is 0 Å². The molecular weight excluding hydrogens is 496 g/mol. The second-order valence-corrected chi connectivity index (χ2v) is 11.3. The number of hydrogen-bond donors (Lipinski definition) is 2. The fourth-order valence-corrected chi connectivity index (χ4v) is 6.18. The topological polar surface area (TPSA) is 91.6 Å². The van der Waals surface area contributed by atoms with Crippen molar-refractivity contribution >= 4 is 32.1 Å². The Morgan fingerprint density at radius 3 is 2.47 bits per heavy atom. The zero-order valence-corrected chi connectivity index (χ0v) is 22.2. The van der Waals surface area contributed by atoms with E-state index in [9.17, 15) is 8.42 Å². The molecule has 6 rings (SSSR count). The molecule has 1 aliphatic rings. The van der Waals surface area contributed by atoms with Crippen LogP contribution in [0.4, 0.5) is 5.69 Å². The van der Waals surface area contributed by atoms with Crippen LogP contribution < -0.4 is 14.9 Å². The molecule has 0 saturated carbocycles. The van der Waals surface area contributed by atoms with Gasteiger partial charge in [0.2, 0.25) is 10.0 Å². The Morgan fingerprint density at radius 2 is 1.71 bits per heavy atom. The first-order valence-electron chi connectivity index (χ1n) is 12.5. The normalized spacial score (nSPS) is 16.0. The van der Waals surface area contributed by atoms with Crippen LogP contribution in [0.25, 0.3) is 38.7 Å². The van der Waals surface area contributed by atoms with Crippen molar-refractivity contribution in [2.24, 2.45) is 0 Å². The Morgan fingerprint density at radius 1 is 0.947 bits per heavy atom. The molecule has 2 aromatic heterocycles. The summed E-state index contributed by atoms with van der Waals surface area (Å²) in [6, 6.07) is 19.8. The van der Waals surface area contributed by atoms with Crippen LogP contribution in [0.3, 0.4) is 0 Å². The van der Waals surface area contributed by atoms with Crippen LogP contribution >= 0.6 is 0 Å². The van der Waals surface area contributed by atoms with Crippen molar-refractivity contribution in [1.82, 2.24) is 24.6 Å². The first kappa shape index (κ1) is 24.1. The van der Waals surface area contributed by atoms with E-state index < -0.39 is 10.0 Å². The highest BCUT2D eigenvalue weighted by molar-refractivity contribution is 7.89. The van der Waals surface area contributed by atoms with Crippen LogP contribution in [-0.2, 0) is 10.0 Å². The quantitative estimate of drug-likeness (QED) is 0.344. The maximum absolute atomic E-state index is 12.6. The maximum atomic E-state index is 12.6. The Hall–Kier alpha value is -4.21. The summed E-state index contributed by atoms with van der Waals surface area (Å²) >= 11 is 0. The largest absolute Gasteiger partial charge is 0.387 e. The Kier molecular flexibility index (Phi) is 5.89. The fraction of sp³-hybridized carbons (Fsp3) is 0.172. The zero-order valence-electron chi connectivity index (χ0n) is 21.4. The minimum atomic E-state index is -3.60. The van der Waals surface area contributed by atoms with E-state index in [-0.39, 0.29) is 4.90 Å². The second kappa shape index (κ2) is 9.27. The SMILES string of the molecule is CNS(=O)(=O)c1cccc2c(-c3cnn4cc(-c5ccc(N6C(C)=CNC[C@@H]6C)cc5)cnc34)cccc12. The molecule has 3 heterocycles. The molecule has 0 amide bonds. The van der Waals surface area contributed by atoms with Crippen molar-refractivity contribution in [2.45, 2.75) is 24.8 Å². The lowest BCUT2D eigenvalue weighted by atomic mass is 10.00. The molecule has 38 heavy (non-hydrogen) atoms. The fourth-order valence-electron chi connectivity index (χ4n) is 5.23. The molecule has 9 heteroatoms. The molecule has 0 saturated heterocycles. The van der Waals surface area contributed by atoms with Gasteiger partial charge in [0.1, 0.15) is 0 Å². The van der Waals surface area contributed by atoms with Crippen LogP contribution in [0, 0.1) is 0 Å². The van der Waals surface area contributed by atoms with Gasteiger partial charge in [-0.25, -0.2) is 22.6 Å². The Bertz CT molecular complexity index is 1810. The predicted molar refractivity (Wildman–Crippen MR) is 151 cm³/mol. The van der Waals surface area contributed by atoms with Crippen molar-refractivity contribution in [3.63, 3.8) is 0 Å². The van der Waals surface area contributed by atoms with Gasteiger partial charge in [0.15, 0.2) is 5.65 Å². The summed E-state index contributed by atoms with van der Waals surface area (Å²) in [5.74, 6) is 0. The number of allylic oxidation sites excluding steroid dienone is 1. The predicted octanol–water partition coefficient (Wildman–Crippen LogP) is 4.78. The Balaban J connectivity index is 1.38. The summed E-state index contributed by atoms with van der Waals surface area (Å²) in [6.07, 6.45) is 7.67. The van der Waals surface area contributed by atoms with Gasteiger partial charge < -0.3 is 10.2 Å². The number of hydrogen-bond acceptors (Lipinski definition) is 6. The molecule has 192 valence electrons. The first-order valence-corrected chi connectivity index (χ1v) is 13.9. The molecule has 0 fully saturated rings. The van der Waals surface area contributed by atoms with Crippen molar-refractivity contribution < 1.29 is 8.42 Å². The molecule has 2 N–H and O–H groups in total. The summed E-state index contributed by atoms with van der Waals surface area (Å²) < 4.78 is 29.4. The van der Waals surface area contributed by atoms with E-state index >= 15 is 0 Å². The summed E-state index contributed by atoms with van der Waals surface area (Å²) in [5.41, 5.74) is 6.78. The minimum Gasteiger partial charge on any atom is -0.387 e. The monoisotopic (exact) mass is 524 g/mol. The highest BCUT2D eigenvalue weighted by Crippen LogP contribution is 2.34. The Labute approximate surface area is 221 Å². The first-order chi connectivity index (χ1) is 18.4. The van der Waals surface area contributed by atoms with E-state index in [1.807, 2.05) is 36.7 Å². The molecule has 0 unspecified atom stereocenters.